The summed E-state index contributed by atoms with van der Waals surface area (Å²) in [4.78, 5) is 42.2. The van der Waals surface area contributed by atoms with Crippen LogP contribution in [-0.2, 0) is 36.8 Å². The Hall–Kier alpha value is -4.59. The molecule has 18 nitrogen and oxygen atoms in total. The molecule has 0 radical (unpaired) electrons. The average molecular weight is 805 g/mol. The van der Waals surface area contributed by atoms with Crippen molar-refractivity contribution in [3.63, 3.8) is 0 Å². The maximum atomic E-state index is 13.0. The molecule has 57 heavy (non-hydrogen) atoms. The molecule has 1 saturated carbocycles. The fraction of sp³-hybridized carbons (Fsp3) is 0.615. The van der Waals surface area contributed by atoms with Gasteiger partial charge in [-0.3, -0.25) is 4.90 Å². The molecule has 1 aliphatic carbocycles. The number of hydrogen-bond donors (Lipinski definition) is 5. The number of nitrogen functional groups attached to an aromatic ring is 1. The van der Waals surface area contributed by atoms with Crippen molar-refractivity contribution in [1.82, 2.24) is 14.7 Å². The molecular formula is C39H56N4O14. The van der Waals surface area contributed by atoms with Gasteiger partial charge in [-0.15, -0.1) is 0 Å². The van der Waals surface area contributed by atoms with Crippen LogP contribution in [0.1, 0.15) is 43.2 Å². The van der Waals surface area contributed by atoms with Gasteiger partial charge in [0.2, 0.25) is 6.29 Å². The fourth-order valence-electron chi connectivity index (χ4n) is 7.24. The molecule has 3 fully saturated rings. The molecule has 2 saturated heterocycles. The third-order valence-electron chi connectivity index (χ3n) is 10.6. The first-order valence-electron chi connectivity index (χ1n) is 19.1. The number of carboxylic acids is 1. The molecule has 0 aromatic heterocycles. The zero-order valence-electron chi connectivity index (χ0n) is 32.9. The number of carboxylic acid groups (broad SMARTS) is 1. The molecule has 2 heterocycles. The van der Waals surface area contributed by atoms with Crippen molar-refractivity contribution in [3.8, 4) is 17.2 Å². The number of amides is 2. The molecule has 316 valence electrons. The minimum atomic E-state index is -1.86. The number of anilines is 1. The van der Waals surface area contributed by atoms with Crippen LogP contribution in [0, 0.1) is 0 Å². The van der Waals surface area contributed by atoms with Gasteiger partial charge in [-0.1, -0.05) is 25.0 Å². The molecule has 5 unspecified atom stereocenters. The van der Waals surface area contributed by atoms with E-state index in [9.17, 15) is 34.8 Å². The summed E-state index contributed by atoms with van der Waals surface area (Å²) in [5.74, 6) is -0.152. The van der Waals surface area contributed by atoms with E-state index in [4.69, 9.17) is 38.9 Å². The van der Waals surface area contributed by atoms with E-state index in [-0.39, 0.29) is 49.4 Å². The highest BCUT2D eigenvalue weighted by atomic mass is 16.7. The minimum absolute atomic E-state index is 0.00464. The second-order valence-electron chi connectivity index (χ2n) is 14.6. The second-order valence-corrected chi connectivity index (χ2v) is 14.6. The van der Waals surface area contributed by atoms with Crippen LogP contribution >= 0.6 is 0 Å². The SMILES string of the molecule is COc1ccc(CCO[C@H]2CCCC[C@@H]2N2CC[C@@H](OC(=O)N(C)CCN(C)C(=O)OCc3ccc(OC4OC(C(=O)O)C(O)C(O)C4O)c(N)c3)C2)cc1OC. The largest absolute Gasteiger partial charge is 0.493 e. The second kappa shape index (κ2) is 20.2. The lowest BCUT2D eigenvalue weighted by Crippen LogP contribution is -2.61. The number of aliphatic carboxylic acids is 1. The number of likely N-dealkylation sites (N-methyl/N-ethyl adjacent to an activating group) is 2. The third-order valence-corrected chi connectivity index (χ3v) is 10.6. The summed E-state index contributed by atoms with van der Waals surface area (Å²) in [5.41, 5.74) is 7.74. The van der Waals surface area contributed by atoms with Crippen LogP contribution in [0.4, 0.5) is 15.3 Å². The molecule has 2 amide bonds. The molecule has 18 heteroatoms. The van der Waals surface area contributed by atoms with E-state index in [0.29, 0.717) is 30.2 Å². The van der Waals surface area contributed by atoms with E-state index < -0.39 is 48.9 Å². The Morgan fingerprint density at radius 2 is 1.54 bits per heavy atom. The zero-order valence-corrected chi connectivity index (χ0v) is 32.9. The summed E-state index contributed by atoms with van der Waals surface area (Å²) in [5, 5.41) is 39.4. The topological polar surface area (TPSA) is 232 Å². The molecule has 5 rings (SSSR count). The Kier molecular flexibility index (Phi) is 15.4. The van der Waals surface area contributed by atoms with Gasteiger partial charge in [0.25, 0.3) is 0 Å². The van der Waals surface area contributed by atoms with Crippen molar-refractivity contribution in [2.24, 2.45) is 0 Å². The van der Waals surface area contributed by atoms with Crippen molar-refractivity contribution < 1.29 is 68.0 Å². The minimum Gasteiger partial charge on any atom is -0.493 e. The van der Waals surface area contributed by atoms with Gasteiger partial charge in [0, 0.05) is 46.3 Å². The van der Waals surface area contributed by atoms with Gasteiger partial charge >= 0.3 is 18.2 Å². The van der Waals surface area contributed by atoms with Gasteiger partial charge in [0.1, 0.15) is 36.8 Å². The maximum absolute atomic E-state index is 13.0. The van der Waals surface area contributed by atoms with Gasteiger partial charge in [-0.2, -0.15) is 0 Å². The van der Waals surface area contributed by atoms with Gasteiger partial charge in [-0.25, -0.2) is 14.4 Å². The highest BCUT2D eigenvalue weighted by Gasteiger charge is 2.48. The van der Waals surface area contributed by atoms with Crippen LogP contribution in [0.15, 0.2) is 36.4 Å². The van der Waals surface area contributed by atoms with Gasteiger partial charge in [-0.05, 0) is 61.1 Å². The first-order chi connectivity index (χ1) is 27.3. The molecule has 6 N–H and O–H groups in total. The van der Waals surface area contributed by atoms with Crippen molar-refractivity contribution in [2.75, 3.05) is 66.8 Å². The maximum Gasteiger partial charge on any atom is 0.409 e. The van der Waals surface area contributed by atoms with Crippen LogP contribution in [0.5, 0.6) is 17.2 Å². The van der Waals surface area contributed by atoms with Crippen LogP contribution < -0.4 is 19.9 Å². The Labute approximate surface area is 331 Å². The molecule has 0 bridgehead atoms. The summed E-state index contributed by atoms with van der Waals surface area (Å²) in [6.45, 7) is 2.29. The first kappa shape index (κ1) is 43.5. The number of ether oxygens (including phenoxy) is 7. The summed E-state index contributed by atoms with van der Waals surface area (Å²) in [7, 11) is 6.40. The summed E-state index contributed by atoms with van der Waals surface area (Å²) in [6.07, 6.45) is -4.39. The molecule has 2 aromatic carbocycles. The molecule has 8 atom stereocenters. The Bertz CT molecular complexity index is 1670. The van der Waals surface area contributed by atoms with Crippen LogP contribution in [-0.4, -0.2) is 163 Å². The quantitative estimate of drug-likeness (QED) is 0.152. The highest BCUT2D eigenvalue weighted by Crippen LogP contribution is 2.32. The lowest BCUT2D eigenvalue weighted by atomic mass is 9.91. The average Bonchev–Trinajstić information content (AvgIpc) is 3.67. The van der Waals surface area contributed by atoms with Crippen molar-refractivity contribution >= 4 is 23.8 Å². The van der Waals surface area contributed by atoms with Crippen molar-refractivity contribution in [3.05, 3.63) is 47.5 Å². The fourth-order valence-corrected chi connectivity index (χ4v) is 7.24. The highest BCUT2D eigenvalue weighted by molar-refractivity contribution is 5.73. The smallest absolute Gasteiger partial charge is 0.409 e. The Balaban J connectivity index is 1.01. The lowest BCUT2D eigenvalue weighted by Gasteiger charge is -2.38. The standard InChI is InChI=1S/C39H56N4O14/c1-41(38(49)54-22-24-10-11-28(26(40)19-24)56-37-34(46)32(44)33(45)35(57-37)36(47)48)16-17-42(2)39(50)55-25-13-15-43(21-25)27-7-5-6-8-29(27)53-18-14-23-9-12-30(51-3)31(20-23)52-4/h9-12,19-20,25,27,29,32-35,37,44-46H,5-8,13-18,21-22,40H2,1-4H3,(H,47,48)/t25-,27+,29+,32?,33?,34?,35?,37?/m1/s1. The number of aliphatic hydroxyl groups excluding tert-OH is 3. The summed E-state index contributed by atoms with van der Waals surface area (Å²) in [6, 6.07) is 10.6. The third kappa shape index (κ3) is 11.3. The van der Waals surface area contributed by atoms with Gasteiger partial charge in [0.15, 0.2) is 17.6 Å². The van der Waals surface area contributed by atoms with E-state index >= 15 is 0 Å². The number of carbonyl (C=O) groups excluding carboxylic acids is 2. The molecule has 2 aliphatic heterocycles. The van der Waals surface area contributed by atoms with E-state index in [2.05, 4.69) is 4.90 Å². The van der Waals surface area contributed by atoms with E-state index in [1.54, 1.807) is 28.3 Å². The zero-order chi connectivity index (χ0) is 41.2. The molecular weight excluding hydrogens is 748 g/mol. The van der Waals surface area contributed by atoms with Crippen LogP contribution in [0.3, 0.4) is 0 Å². The van der Waals surface area contributed by atoms with E-state index in [0.717, 1.165) is 50.6 Å². The van der Waals surface area contributed by atoms with E-state index in [1.807, 2.05) is 18.2 Å². The van der Waals surface area contributed by atoms with Crippen LogP contribution in [0.25, 0.3) is 0 Å². The Morgan fingerprint density at radius 1 is 0.860 bits per heavy atom. The molecule has 0 spiro atoms. The monoisotopic (exact) mass is 804 g/mol. The molecule has 2 aromatic rings. The number of methoxy groups -OCH3 is 2. The van der Waals surface area contributed by atoms with Crippen molar-refractivity contribution in [1.29, 1.82) is 0 Å². The Morgan fingerprint density at radius 3 is 2.25 bits per heavy atom. The summed E-state index contributed by atoms with van der Waals surface area (Å²) < 4.78 is 39.1. The predicted octanol–water partition coefficient (Wildman–Crippen LogP) is 1.84. The number of aliphatic hydroxyl groups is 3. The van der Waals surface area contributed by atoms with Gasteiger partial charge in [0.05, 0.1) is 32.6 Å². The summed E-state index contributed by atoms with van der Waals surface area (Å²) >= 11 is 0. The number of likely N-dealkylation sites (tertiary alicyclic amines) is 1. The number of carbonyl (C=O) groups is 3. The van der Waals surface area contributed by atoms with Crippen LogP contribution in [0.2, 0.25) is 0 Å². The van der Waals surface area contributed by atoms with Gasteiger partial charge < -0.3 is 69.1 Å². The lowest BCUT2D eigenvalue weighted by molar-refractivity contribution is -0.271. The number of hydrogen-bond acceptors (Lipinski definition) is 15. The predicted molar refractivity (Wildman–Crippen MR) is 203 cm³/mol. The number of nitrogens with two attached hydrogens (primary N) is 1. The molecule has 3 aliphatic rings. The number of nitrogens with zero attached hydrogens (tertiary/aromatic N) is 3. The first-order valence-corrected chi connectivity index (χ1v) is 19.1. The normalized spacial score (nSPS) is 26.3. The van der Waals surface area contributed by atoms with Crippen molar-refractivity contribution in [2.45, 2.75) is 94.1 Å². The number of rotatable bonds is 16. The number of benzene rings is 2. The van der Waals surface area contributed by atoms with E-state index in [1.165, 1.54) is 28.0 Å².